The van der Waals surface area contributed by atoms with Crippen molar-refractivity contribution in [3.05, 3.63) is 47.2 Å². The first-order valence-corrected chi connectivity index (χ1v) is 15.2. The van der Waals surface area contributed by atoms with Gasteiger partial charge >= 0.3 is 5.97 Å². The van der Waals surface area contributed by atoms with Gasteiger partial charge in [0.1, 0.15) is 11.9 Å². The fraction of sp³-hybridized carbons (Fsp3) is 0.655. The maximum absolute atomic E-state index is 14.2. The predicted molar refractivity (Wildman–Crippen MR) is 150 cm³/mol. The molecule has 0 radical (unpaired) electrons. The van der Waals surface area contributed by atoms with Crippen LogP contribution in [0.4, 0.5) is 9.52 Å². The Bertz CT molecular complexity index is 1030. The van der Waals surface area contributed by atoms with Gasteiger partial charge in [-0.1, -0.05) is 31.4 Å². The first-order chi connectivity index (χ1) is 18.5. The molecule has 3 heterocycles. The summed E-state index contributed by atoms with van der Waals surface area (Å²) in [7, 11) is 1.98. The molecular formula is C29H42FN5O2S. The summed E-state index contributed by atoms with van der Waals surface area (Å²) in [5.74, 6) is -0.262. The first-order valence-electron chi connectivity index (χ1n) is 14.3. The van der Waals surface area contributed by atoms with Crippen molar-refractivity contribution >= 4 is 22.4 Å². The third-order valence-electron chi connectivity index (χ3n) is 8.97. The standard InChI is InChI=1S/C29H42FN5O2S/c1-31-20-35(29-32-12-15-38-29)25-10-13-33(14-11-25)17-23-18-34(19-26(23)22-8-5-9-24(30)16-22)27(28(36)37)21-6-3-2-4-7-21/h5,8-9,12,15-16,21,23,25-27,31H,2-4,6-7,10-11,13-14,17-20H2,1H3,(H,36,37). The van der Waals surface area contributed by atoms with E-state index in [2.05, 4.69) is 25.0 Å². The second-order valence-corrected chi connectivity index (χ2v) is 12.3. The van der Waals surface area contributed by atoms with Gasteiger partial charge in [-0.15, -0.1) is 11.3 Å². The SMILES string of the molecule is CNCN(c1nccs1)C1CCN(CC2CN(C(C(=O)O)C3CCCCC3)CC2c2cccc(F)c2)CC1. The Morgan fingerprint density at radius 1 is 1.21 bits per heavy atom. The summed E-state index contributed by atoms with van der Waals surface area (Å²) >= 11 is 1.68. The molecule has 1 aromatic carbocycles. The summed E-state index contributed by atoms with van der Waals surface area (Å²) in [6.45, 7) is 5.18. The Hall–Kier alpha value is -2.07. The van der Waals surface area contributed by atoms with Crippen LogP contribution in [0.3, 0.4) is 0 Å². The number of halogens is 1. The number of likely N-dealkylation sites (tertiary alicyclic amines) is 2. The van der Waals surface area contributed by atoms with Gasteiger partial charge in [-0.2, -0.15) is 0 Å². The second-order valence-electron chi connectivity index (χ2n) is 11.4. The van der Waals surface area contributed by atoms with E-state index in [9.17, 15) is 14.3 Å². The van der Waals surface area contributed by atoms with Crippen LogP contribution < -0.4 is 10.2 Å². The van der Waals surface area contributed by atoms with Gasteiger partial charge in [0.15, 0.2) is 5.13 Å². The average molecular weight is 544 g/mol. The Balaban J connectivity index is 1.28. The molecule has 0 bridgehead atoms. The number of benzene rings is 1. The molecule has 0 amide bonds. The molecule has 3 aliphatic rings. The lowest BCUT2D eigenvalue weighted by Crippen LogP contribution is -2.49. The van der Waals surface area contributed by atoms with E-state index in [0.29, 0.717) is 12.6 Å². The van der Waals surface area contributed by atoms with E-state index in [4.69, 9.17) is 0 Å². The number of piperidine rings is 1. The summed E-state index contributed by atoms with van der Waals surface area (Å²) in [6, 6.07) is 6.99. The van der Waals surface area contributed by atoms with Crippen LogP contribution in [0.15, 0.2) is 35.8 Å². The lowest BCUT2D eigenvalue weighted by atomic mass is 9.83. The number of carboxylic acids is 1. The van der Waals surface area contributed by atoms with E-state index in [1.54, 1.807) is 23.5 Å². The van der Waals surface area contributed by atoms with Crippen molar-refractivity contribution in [2.75, 3.05) is 51.3 Å². The van der Waals surface area contributed by atoms with Crippen LogP contribution in [-0.4, -0.2) is 84.4 Å². The number of thiazole rings is 1. The quantitative estimate of drug-likeness (QED) is 0.428. The molecule has 38 heavy (non-hydrogen) atoms. The van der Waals surface area contributed by atoms with Gasteiger partial charge in [0.25, 0.3) is 0 Å². The molecule has 5 rings (SSSR count). The lowest BCUT2D eigenvalue weighted by molar-refractivity contribution is -0.145. The first kappa shape index (κ1) is 27.5. The molecule has 3 atom stereocenters. The van der Waals surface area contributed by atoms with Gasteiger partial charge in [0.05, 0.1) is 6.67 Å². The van der Waals surface area contributed by atoms with Crippen LogP contribution in [0.5, 0.6) is 0 Å². The number of hydrogen-bond donors (Lipinski definition) is 2. The van der Waals surface area contributed by atoms with Crippen molar-refractivity contribution in [2.45, 2.75) is 62.9 Å². The number of anilines is 1. The molecule has 3 fully saturated rings. The average Bonchev–Trinajstić information content (AvgIpc) is 3.59. The number of nitrogens with zero attached hydrogens (tertiary/aromatic N) is 4. The van der Waals surface area contributed by atoms with E-state index < -0.39 is 12.0 Å². The highest BCUT2D eigenvalue weighted by Crippen LogP contribution is 2.39. The zero-order valence-corrected chi connectivity index (χ0v) is 23.3. The van der Waals surface area contributed by atoms with Crippen LogP contribution in [0.25, 0.3) is 0 Å². The molecule has 9 heteroatoms. The number of carboxylic acid groups (broad SMARTS) is 1. The molecule has 1 aromatic heterocycles. The normalized spacial score (nSPS) is 25.0. The van der Waals surface area contributed by atoms with Gasteiger partial charge < -0.3 is 20.2 Å². The number of rotatable bonds is 10. The van der Waals surface area contributed by atoms with Gasteiger partial charge in [0, 0.05) is 56.3 Å². The highest BCUT2D eigenvalue weighted by Gasteiger charge is 2.43. The number of hydrogen-bond acceptors (Lipinski definition) is 7. The van der Waals surface area contributed by atoms with Crippen molar-refractivity contribution in [3.8, 4) is 0 Å². The van der Waals surface area contributed by atoms with E-state index in [-0.39, 0.29) is 23.6 Å². The Labute approximate surface area is 230 Å². The number of aliphatic carboxylic acids is 1. The molecule has 1 saturated carbocycles. The summed E-state index contributed by atoms with van der Waals surface area (Å²) in [4.78, 5) is 24.2. The van der Waals surface area contributed by atoms with Gasteiger partial charge in [-0.05, 0) is 62.3 Å². The Morgan fingerprint density at radius 3 is 2.66 bits per heavy atom. The molecule has 2 saturated heterocycles. The summed E-state index contributed by atoms with van der Waals surface area (Å²) in [5, 5.41) is 16.7. The smallest absolute Gasteiger partial charge is 0.321 e. The van der Waals surface area contributed by atoms with Crippen LogP contribution in [0.2, 0.25) is 0 Å². The van der Waals surface area contributed by atoms with E-state index in [1.165, 1.54) is 12.5 Å². The van der Waals surface area contributed by atoms with Crippen LogP contribution in [0, 0.1) is 17.7 Å². The van der Waals surface area contributed by atoms with Gasteiger partial charge in [-0.3, -0.25) is 9.69 Å². The minimum absolute atomic E-state index is 0.143. The molecule has 208 valence electrons. The highest BCUT2D eigenvalue weighted by molar-refractivity contribution is 7.13. The Kier molecular flexibility index (Phi) is 9.30. The van der Waals surface area contributed by atoms with E-state index in [0.717, 1.165) is 82.1 Å². The summed E-state index contributed by atoms with van der Waals surface area (Å²) in [5.41, 5.74) is 1.00. The van der Waals surface area contributed by atoms with E-state index >= 15 is 0 Å². The van der Waals surface area contributed by atoms with E-state index in [1.807, 2.05) is 24.7 Å². The summed E-state index contributed by atoms with van der Waals surface area (Å²) < 4.78 is 14.2. The van der Waals surface area contributed by atoms with Gasteiger partial charge in [0.2, 0.25) is 0 Å². The fourth-order valence-electron chi connectivity index (χ4n) is 7.16. The summed E-state index contributed by atoms with van der Waals surface area (Å²) in [6.07, 6.45) is 9.47. The maximum atomic E-state index is 14.2. The zero-order chi connectivity index (χ0) is 26.5. The van der Waals surface area contributed by atoms with Crippen molar-refractivity contribution in [2.24, 2.45) is 11.8 Å². The number of nitrogens with one attached hydrogen (secondary N) is 1. The maximum Gasteiger partial charge on any atom is 0.321 e. The van der Waals surface area contributed by atoms with Crippen molar-refractivity contribution in [3.63, 3.8) is 0 Å². The van der Waals surface area contributed by atoms with Crippen molar-refractivity contribution in [1.82, 2.24) is 20.1 Å². The lowest BCUT2D eigenvalue weighted by Gasteiger charge is -2.39. The predicted octanol–water partition coefficient (Wildman–Crippen LogP) is 4.48. The molecule has 1 aliphatic carbocycles. The Morgan fingerprint density at radius 2 is 2.00 bits per heavy atom. The van der Waals surface area contributed by atoms with Crippen molar-refractivity contribution < 1.29 is 14.3 Å². The van der Waals surface area contributed by atoms with Crippen LogP contribution >= 0.6 is 11.3 Å². The molecule has 2 aromatic rings. The van der Waals surface area contributed by atoms with Crippen LogP contribution in [-0.2, 0) is 4.79 Å². The number of aromatic nitrogens is 1. The zero-order valence-electron chi connectivity index (χ0n) is 22.5. The molecule has 3 unspecified atom stereocenters. The molecule has 7 nitrogen and oxygen atoms in total. The molecule has 0 spiro atoms. The second kappa shape index (κ2) is 12.9. The van der Waals surface area contributed by atoms with Crippen LogP contribution in [0.1, 0.15) is 56.4 Å². The molecular weight excluding hydrogens is 501 g/mol. The number of carbonyl (C=O) groups is 1. The topological polar surface area (TPSA) is 71.9 Å². The molecule has 2 N–H and O–H groups in total. The van der Waals surface area contributed by atoms with Crippen molar-refractivity contribution in [1.29, 1.82) is 0 Å². The minimum Gasteiger partial charge on any atom is -0.480 e. The highest BCUT2D eigenvalue weighted by atomic mass is 32.1. The largest absolute Gasteiger partial charge is 0.480 e. The third-order valence-corrected chi connectivity index (χ3v) is 9.78. The van der Waals surface area contributed by atoms with Gasteiger partial charge in [-0.25, -0.2) is 9.37 Å². The minimum atomic E-state index is -0.692. The third kappa shape index (κ3) is 6.38. The molecule has 2 aliphatic heterocycles. The monoisotopic (exact) mass is 543 g/mol. The fourth-order valence-corrected chi connectivity index (χ4v) is 7.88.